The molecule has 9 heteroatoms. The van der Waals surface area contributed by atoms with E-state index < -0.39 is 43.0 Å². The summed E-state index contributed by atoms with van der Waals surface area (Å²) in [4.78, 5) is 23.7. The lowest BCUT2D eigenvalue weighted by atomic mass is 9.96. The molecular weight excluding hydrogens is 281 g/mol. The molecule has 1 N–H and O–H groups in total. The number of carbonyl (C=O) groups is 2. The molecule has 20 heavy (non-hydrogen) atoms. The molecule has 2 atom stereocenters. The van der Waals surface area contributed by atoms with Gasteiger partial charge in [0.25, 0.3) is 5.91 Å². The molecule has 1 amide bonds. The first-order valence-electron chi connectivity index (χ1n) is 5.72. The number of carboxylic acids is 1. The molecule has 1 aromatic heterocycles. The number of aliphatic carboxylic acids is 1. The third kappa shape index (κ3) is 2.61. The summed E-state index contributed by atoms with van der Waals surface area (Å²) in [5, 5.41) is 12.3. The smallest absolute Gasteiger partial charge is 0.394 e. The van der Waals surface area contributed by atoms with Crippen LogP contribution < -0.4 is 0 Å². The van der Waals surface area contributed by atoms with Crippen molar-refractivity contribution < 1.29 is 32.4 Å². The summed E-state index contributed by atoms with van der Waals surface area (Å²) in [6, 6.07) is 1.29. The largest absolute Gasteiger partial charge is 0.481 e. The van der Waals surface area contributed by atoms with Crippen LogP contribution in [0, 0.1) is 18.8 Å². The Morgan fingerprint density at radius 1 is 1.45 bits per heavy atom. The monoisotopic (exact) mass is 292 g/mol. The number of aromatic nitrogens is 1. The fraction of sp³-hybridized carbons (Fsp3) is 0.545. The number of carboxylic acid groups (broad SMARTS) is 1. The summed E-state index contributed by atoms with van der Waals surface area (Å²) in [6.07, 6.45) is -4.67. The molecule has 1 fully saturated rings. The molecule has 1 aliphatic heterocycles. The molecular formula is C11H11F3N2O4. The number of hydrogen-bond acceptors (Lipinski definition) is 4. The van der Waals surface area contributed by atoms with Crippen molar-refractivity contribution in [3.05, 3.63) is 17.5 Å². The molecule has 0 radical (unpaired) electrons. The van der Waals surface area contributed by atoms with Gasteiger partial charge in [0.2, 0.25) is 5.76 Å². The molecule has 0 saturated carbocycles. The number of alkyl halides is 3. The fourth-order valence-electron chi connectivity index (χ4n) is 2.17. The number of aryl methyl sites for hydroxylation is 1. The number of hydrogen-bond donors (Lipinski definition) is 1. The van der Waals surface area contributed by atoms with Crippen LogP contribution >= 0.6 is 0 Å². The summed E-state index contributed by atoms with van der Waals surface area (Å²) in [7, 11) is 0. The Bertz CT molecular complexity index is 540. The Hall–Kier alpha value is -2.06. The van der Waals surface area contributed by atoms with Crippen LogP contribution in [0.4, 0.5) is 13.2 Å². The van der Waals surface area contributed by atoms with Crippen LogP contribution in [-0.2, 0) is 4.79 Å². The fourth-order valence-corrected chi connectivity index (χ4v) is 2.17. The quantitative estimate of drug-likeness (QED) is 0.888. The summed E-state index contributed by atoms with van der Waals surface area (Å²) in [5.41, 5.74) is 0.412. The van der Waals surface area contributed by atoms with Gasteiger partial charge in [0.05, 0.1) is 17.5 Å². The van der Waals surface area contributed by atoms with Crippen LogP contribution in [0.3, 0.4) is 0 Å². The predicted molar refractivity (Wildman–Crippen MR) is 57.8 cm³/mol. The highest BCUT2D eigenvalue weighted by atomic mass is 19.4. The van der Waals surface area contributed by atoms with Crippen molar-refractivity contribution in [2.45, 2.75) is 13.1 Å². The van der Waals surface area contributed by atoms with Gasteiger partial charge in [-0.3, -0.25) is 9.59 Å². The standard InChI is InChI=1S/C11H11F3N2O4/c1-5-2-8(20-15-5)9(17)16-3-6(10(18)19)7(4-16)11(12,13)14/h2,6-7H,3-4H2,1H3,(H,18,19)/t6-,7-/m1/s1. The lowest BCUT2D eigenvalue weighted by molar-refractivity contribution is -0.187. The van der Waals surface area contributed by atoms with Gasteiger partial charge in [-0.15, -0.1) is 0 Å². The molecule has 0 aromatic carbocycles. The van der Waals surface area contributed by atoms with E-state index >= 15 is 0 Å². The first-order valence-corrected chi connectivity index (χ1v) is 5.72. The van der Waals surface area contributed by atoms with Crippen LogP contribution in [0.1, 0.15) is 16.2 Å². The Kier molecular flexibility index (Phi) is 3.45. The Labute approximate surface area is 111 Å². The maximum absolute atomic E-state index is 12.8. The second kappa shape index (κ2) is 4.80. The van der Waals surface area contributed by atoms with E-state index in [0.29, 0.717) is 5.69 Å². The maximum atomic E-state index is 12.8. The first-order chi connectivity index (χ1) is 9.20. The van der Waals surface area contributed by atoms with Crippen molar-refractivity contribution in [2.24, 2.45) is 11.8 Å². The van der Waals surface area contributed by atoms with E-state index in [1.165, 1.54) is 6.07 Å². The van der Waals surface area contributed by atoms with E-state index in [2.05, 4.69) is 9.68 Å². The van der Waals surface area contributed by atoms with Gasteiger partial charge in [-0.1, -0.05) is 5.16 Å². The molecule has 0 bridgehead atoms. The number of rotatable bonds is 2. The van der Waals surface area contributed by atoms with Gasteiger partial charge >= 0.3 is 12.1 Å². The van der Waals surface area contributed by atoms with Gasteiger partial charge in [0.15, 0.2) is 0 Å². The van der Waals surface area contributed by atoms with Crippen LogP contribution in [-0.4, -0.2) is 46.3 Å². The minimum atomic E-state index is -4.67. The number of nitrogens with zero attached hydrogens (tertiary/aromatic N) is 2. The average Bonchev–Trinajstić information content (AvgIpc) is 2.93. The third-order valence-electron chi connectivity index (χ3n) is 3.18. The third-order valence-corrected chi connectivity index (χ3v) is 3.18. The Morgan fingerprint density at radius 3 is 2.50 bits per heavy atom. The molecule has 1 aromatic rings. The van der Waals surface area contributed by atoms with Gasteiger partial charge in [0, 0.05) is 19.2 Å². The maximum Gasteiger partial charge on any atom is 0.394 e. The normalized spacial score (nSPS) is 23.1. The van der Waals surface area contributed by atoms with Gasteiger partial charge in [-0.05, 0) is 6.92 Å². The van der Waals surface area contributed by atoms with Crippen LogP contribution in [0.2, 0.25) is 0 Å². The van der Waals surface area contributed by atoms with E-state index in [1.807, 2.05) is 0 Å². The highest BCUT2D eigenvalue weighted by molar-refractivity contribution is 5.92. The number of halogens is 3. The van der Waals surface area contributed by atoms with Gasteiger partial charge < -0.3 is 14.5 Å². The van der Waals surface area contributed by atoms with Crippen molar-refractivity contribution >= 4 is 11.9 Å². The molecule has 2 heterocycles. The lowest BCUT2D eigenvalue weighted by Crippen LogP contribution is -2.34. The SMILES string of the molecule is Cc1cc(C(=O)N2C[C@@H](C(F)(F)F)[C@H](C(=O)O)C2)on1. The van der Waals surface area contributed by atoms with E-state index in [0.717, 1.165) is 4.90 Å². The zero-order chi connectivity index (χ0) is 15.1. The molecule has 0 unspecified atom stereocenters. The number of carbonyl (C=O) groups excluding carboxylic acids is 1. The molecule has 110 valence electrons. The van der Waals surface area contributed by atoms with Crippen LogP contribution in [0.15, 0.2) is 10.6 Å². The topological polar surface area (TPSA) is 83.6 Å². The molecule has 6 nitrogen and oxygen atoms in total. The van der Waals surface area contributed by atoms with Gasteiger partial charge in [-0.25, -0.2) is 0 Å². The second-order valence-corrected chi connectivity index (χ2v) is 4.64. The first kappa shape index (κ1) is 14.4. The van der Waals surface area contributed by atoms with Gasteiger partial charge in [0.1, 0.15) is 0 Å². The van der Waals surface area contributed by atoms with E-state index in [9.17, 15) is 22.8 Å². The molecule has 0 spiro atoms. The average molecular weight is 292 g/mol. The molecule has 0 aliphatic carbocycles. The van der Waals surface area contributed by atoms with Crippen LogP contribution in [0.25, 0.3) is 0 Å². The van der Waals surface area contributed by atoms with Crippen molar-refractivity contribution in [3.63, 3.8) is 0 Å². The summed E-state index contributed by atoms with van der Waals surface area (Å²) >= 11 is 0. The minimum absolute atomic E-state index is 0.200. The van der Waals surface area contributed by atoms with E-state index in [4.69, 9.17) is 5.11 Å². The van der Waals surface area contributed by atoms with Crippen molar-refractivity contribution in [1.82, 2.24) is 10.1 Å². The zero-order valence-electron chi connectivity index (χ0n) is 10.3. The minimum Gasteiger partial charge on any atom is -0.481 e. The highest BCUT2D eigenvalue weighted by Crippen LogP contribution is 2.38. The van der Waals surface area contributed by atoms with Gasteiger partial charge in [-0.2, -0.15) is 13.2 Å². The molecule has 2 rings (SSSR count). The van der Waals surface area contributed by atoms with E-state index in [1.54, 1.807) is 6.92 Å². The molecule has 1 aliphatic rings. The van der Waals surface area contributed by atoms with Crippen LogP contribution in [0.5, 0.6) is 0 Å². The van der Waals surface area contributed by atoms with E-state index in [-0.39, 0.29) is 5.76 Å². The number of amides is 1. The highest BCUT2D eigenvalue weighted by Gasteiger charge is 2.53. The second-order valence-electron chi connectivity index (χ2n) is 4.64. The molecule has 1 saturated heterocycles. The lowest BCUT2D eigenvalue weighted by Gasteiger charge is -2.17. The number of likely N-dealkylation sites (tertiary alicyclic amines) is 1. The predicted octanol–water partition coefficient (Wildman–Crippen LogP) is 1.32. The summed E-state index contributed by atoms with van der Waals surface area (Å²) in [6.45, 7) is 0.361. The van der Waals surface area contributed by atoms with Crippen molar-refractivity contribution in [2.75, 3.05) is 13.1 Å². The van der Waals surface area contributed by atoms with Crippen molar-refractivity contribution in [1.29, 1.82) is 0 Å². The summed E-state index contributed by atoms with van der Waals surface area (Å²) in [5.74, 6) is -6.30. The Balaban J connectivity index is 2.20. The summed E-state index contributed by atoms with van der Waals surface area (Å²) < 4.78 is 43.0. The Morgan fingerprint density at radius 2 is 2.10 bits per heavy atom. The zero-order valence-corrected chi connectivity index (χ0v) is 10.3. The van der Waals surface area contributed by atoms with Crippen molar-refractivity contribution in [3.8, 4) is 0 Å².